The summed E-state index contributed by atoms with van der Waals surface area (Å²) < 4.78 is 15.6. The van der Waals surface area contributed by atoms with Crippen LogP contribution in [0.5, 0.6) is 5.75 Å². The van der Waals surface area contributed by atoms with Gasteiger partial charge >= 0.3 is 0 Å². The molecule has 3 heterocycles. The van der Waals surface area contributed by atoms with Crippen molar-refractivity contribution >= 4 is 11.6 Å². The van der Waals surface area contributed by atoms with Gasteiger partial charge in [-0.05, 0) is 68.7 Å². The number of likely N-dealkylation sites (tertiary alicyclic amines) is 1. The lowest BCUT2D eigenvalue weighted by molar-refractivity contribution is -0.114. The molecule has 1 fully saturated rings. The zero-order valence-electron chi connectivity index (χ0n) is 18.8. The highest BCUT2D eigenvalue weighted by molar-refractivity contribution is 6.06. The Balaban J connectivity index is 1.36. The average Bonchev–Trinajstić information content (AvgIpc) is 3.34. The van der Waals surface area contributed by atoms with Gasteiger partial charge in [-0.2, -0.15) is 5.10 Å². The van der Waals surface area contributed by atoms with Crippen molar-refractivity contribution in [1.82, 2.24) is 14.7 Å². The predicted octanol–water partition coefficient (Wildman–Crippen LogP) is 4.35. The third kappa shape index (κ3) is 3.82. The van der Waals surface area contributed by atoms with E-state index in [9.17, 15) is 14.3 Å². The molecule has 1 N–H and O–H groups in total. The molecule has 0 aliphatic carbocycles. The van der Waals surface area contributed by atoms with Crippen LogP contribution in [0, 0.1) is 12.7 Å². The molecule has 33 heavy (non-hydrogen) atoms. The number of phenols is 1. The summed E-state index contributed by atoms with van der Waals surface area (Å²) in [5, 5.41) is 14.7. The van der Waals surface area contributed by atoms with Crippen LogP contribution in [-0.4, -0.2) is 43.8 Å². The number of rotatable bonds is 4. The number of piperidine rings is 1. The van der Waals surface area contributed by atoms with E-state index >= 15 is 0 Å². The van der Waals surface area contributed by atoms with E-state index in [1.807, 2.05) is 31.2 Å². The van der Waals surface area contributed by atoms with Crippen molar-refractivity contribution in [3.05, 3.63) is 84.0 Å². The van der Waals surface area contributed by atoms with Gasteiger partial charge in [0.15, 0.2) is 0 Å². The number of anilines is 1. The Kier molecular flexibility index (Phi) is 5.29. The maximum Gasteiger partial charge on any atom is 0.251 e. The van der Waals surface area contributed by atoms with Crippen molar-refractivity contribution in [2.75, 3.05) is 11.4 Å². The summed E-state index contributed by atoms with van der Waals surface area (Å²) >= 11 is 0. The number of carbonyl (C=O) groups is 1. The second-order valence-electron chi connectivity index (χ2n) is 9.07. The van der Waals surface area contributed by atoms with Gasteiger partial charge in [0.1, 0.15) is 17.3 Å². The van der Waals surface area contributed by atoms with Crippen LogP contribution in [0.1, 0.15) is 31.0 Å². The molecule has 7 heteroatoms. The number of hydrogen-bond acceptors (Lipinski definition) is 4. The van der Waals surface area contributed by atoms with E-state index in [1.54, 1.807) is 40.1 Å². The summed E-state index contributed by atoms with van der Waals surface area (Å²) in [7, 11) is 0. The first-order valence-corrected chi connectivity index (χ1v) is 11.2. The SMILES string of the molecule is Cc1ccnn1-c1cc(CN2CC[C@@]3(C=CC(=O)N3c3cccc(F)c3)C[C@H]2C)ccc1O. The minimum absolute atomic E-state index is 0.0981. The number of halogens is 1. The molecule has 2 atom stereocenters. The number of nitrogens with zero attached hydrogens (tertiary/aromatic N) is 4. The van der Waals surface area contributed by atoms with E-state index in [4.69, 9.17) is 0 Å². The van der Waals surface area contributed by atoms with Gasteiger partial charge in [0.25, 0.3) is 5.91 Å². The zero-order valence-corrected chi connectivity index (χ0v) is 18.8. The molecule has 6 nitrogen and oxygen atoms in total. The van der Waals surface area contributed by atoms with E-state index in [2.05, 4.69) is 16.9 Å². The van der Waals surface area contributed by atoms with Gasteiger partial charge in [-0.3, -0.25) is 14.6 Å². The van der Waals surface area contributed by atoms with Gasteiger partial charge in [0.2, 0.25) is 0 Å². The molecule has 2 aliphatic heterocycles. The number of aromatic nitrogens is 2. The van der Waals surface area contributed by atoms with E-state index in [0.717, 1.165) is 37.2 Å². The Morgan fingerprint density at radius 2 is 2.06 bits per heavy atom. The van der Waals surface area contributed by atoms with Crippen molar-refractivity contribution in [3.8, 4) is 11.4 Å². The quantitative estimate of drug-likeness (QED) is 0.647. The summed E-state index contributed by atoms with van der Waals surface area (Å²) in [6, 6.07) is 14.0. The van der Waals surface area contributed by atoms with Crippen LogP contribution in [0.3, 0.4) is 0 Å². The molecule has 1 aromatic heterocycles. The fourth-order valence-electron chi connectivity index (χ4n) is 5.18. The number of aromatic hydroxyl groups is 1. The first kappa shape index (κ1) is 21.4. The minimum atomic E-state index is -0.437. The van der Waals surface area contributed by atoms with Crippen LogP contribution in [0.25, 0.3) is 5.69 Å². The Bertz CT molecular complexity index is 1240. The van der Waals surface area contributed by atoms with Gasteiger partial charge in [0.05, 0.1) is 5.54 Å². The van der Waals surface area contributed by atoms with Gasteiger partial charge < -0.3 is 5.11 Å². The summed E-state index contributed by atoms with van der Waals surface area (Å²) in [6.45, 7) is 5.64. The summed E-state index contributed by atoms with van der Waals surface area (Å²) in [4.78, 5) is 16.9. The third-order valence-corrected chi connectivity index (χ3v) is 6.86. The van der Waals surface area contributed by atoms with Crippen molar-refractivity contribution < 1.29 is 14.3 Å². The second kappa shape index (κ2) is 8.15. The van der Waals surface area contributed by atoms with Gasteiger partial charge in [-0.1, -0.05) is 18.2 Å². The van der Waals surface area contributed by atoms with Crippen molar-refractivity contribution in [3.63, 3.8) is 0 Å². The fourth-order valence-corrected chi connectivity index (χ4v) is 5.18. The molecule has 1 amide bonds. The van der Waals surface area contributed by atoms with Crippen LogP contribution >= 0.6 is 0 Å². The largest absolute Gasteiger partial charge is 0.506 e. The molecule has 0 unspecified atom stereocenters. The van der Waals surface area contributed by atoms with E-state index in [-0.39, 0.29) is 23.5 Å². The molecule has 2 aliphatic rings. The molecule has 1 spiro atoms. The molecule has 3 aromatic rings. The fraction of sp³-hybridized carbons (Fsp3) is 0.308. The number of hydrogen-bond donors (Lipinski definition) is 1. The first-order chi connectivity index (χ1) is 15.9. The third-order valence-electron chi connectivity index (χ3n) is 6.86. The molecular formula is C26H27FN4O2. The molecule has 5 rings (SSSR count). The highest BCUT2D eigenvalue weighted by Crippen LogP contribution is 2.41. The smallest absolute Gasteiger partial charge is 0.251 e. The van der Waals surface area contributed by atoms with Crippen molar-refractivity contribution in [1.29, 1.82) is 0 Å². The van der Waals surface area contributed by atoms with E-state index in [1.165, 1.54) is 12.1 Å². The van der Waals surface area contributed by atoms with Crippen LogP contribution in [-0.2, 0) is 11.3 Å². The Hall–Kier alpha value is -3.45. The summed E-state index contributed by atoms with van der Waals surface area (Å²) in [5.41, 5.74) is 2.86. The molecule has 0 radical (unpaired) electrons. The molecule has 0 bridgehead atoms. The maximum absolute atomic E-state index is 13.9. The zero-order chi connectivity index (χ0) is 23.2. The van der Waals surface area contributed by atoms with Crippen molar-refractivity contribution in [2.45, 2.75) is 44.8 Å². The standard InChI is InChI=1S/C26H27FN4O2/c1-18-9-12-28-31(18)23-14-20(6-7-24(23)32)17-29-13-11-26(16-19(29)2)10-8-25(33)30(26)22-5-3-4-21(27)15-22/h3-10,12,14-15,19,32H,11,13,16-17H2,1-2H3/t19-,26+/m1/s1. The second-order valence-corrected chi connectivity index (χ2v) is 9.07. The summed E-state index contributed by atoms with van der Waals surface area (Å²) in [6.07, 6.45) is 6.85. The maximum atomic E-state index is 13.9. The van der Waals surface area contributed by atoms with Crippen LogP contribution in [0.15, 0.2) is 66.9 Å². The average molecular weight is 447 g/mol. The molecule has 170 valence electrons. The van der Waals surface area contributed by atoms with Crippen LogP contribution in [0.2, 0.25) is 0 Å². The Labute approximate surface area is 192 Å². The minimum Gasteiger partial charge on any atom is -0.506 e. The highest BCUT2D eigenvalue weighted by Gasteiger charge is 2.46. The number of amides is 1. The summed E-state index contributed by atoms with van der Waals surface area (Å²) in [5.74, 6) is -0.251. The lowest BCUT2D eigenvalue weighted by Crippen LogP contribution is -2.56. The monoisotopic (exact) mass is 446 g/mol. The molecular weight excluding hydrogens is 419 g/mol. The predicted molar refractivity (Wildman–Crippen MR) is 125 cm³/mol. The van der Waals surface area contributed by atoms with E-state index in [0.29, 0.717) is 11.4 Å². The van der Waals surface area contributed by atoms with Gasteiger partial charge in [0, 0.05) is 42.8 Å². The van der Waals surface area contributed by atoms with Crippen molar-refractivity contribution in [2.24, 2.45) is 0 Å². The number of aryl methyl sites for hydroxylation is 1. The molecule has 1 saturated heterocycles. The van der Waals surface area contributed by atoms with Crippen LogP contribution in [0.4, 0.5) is 10.1 Å². The number of phenolic OH excluding ortho intramolecular Hbond substituents is 1. The first-order valence-electron chi connectivity index (χ1n) is 11.2. The molecule has 0 saturated carbocycles. The van der Waals surface area contributed by atoms with Crippen LogP contribution < -0.4 is 4.90 Å². The number of carbonyl (C=O) groups excluding carboxylic acids is 1. The lowest BCUT2D eigenvalue weighted by atomic mass is 9.82. The lowest BCUT2D eigenvalue weighted by Gasteiger charge is -2.47. The van der Waals surface area contributed by atoms with E-state index < -0.39 is 5.54 Å². The topological polar surface area (TPSA) is 61.6 Å². The Morgan fingerprint density at radius 1 is 1.21 bits per heavy atom. The van der Waals surface area contributed by atoms with Gasteiger partial charge in [-0.15, -0.1) is 0 Å². The number of benzene rings is 2. The normalized spacial score (nSPS) is 23.1. The highest BCUT2D eigenvalue weighted by atomic mass is 19.1. The van der Waals surface area contributed by atoms with Gasteiger partial charge in [-0.25, -0.2) is 9.07 Å². The molecule has 2 aromatic carbocycles. The Morgan fingerprint density at radius 3 is 2.79 bits per heavy atom.